The van der Waals surface area contributed by atoms with Gasteiger partial charge < -0.3 is 13.8 Å². The van der Waals surface area contributed by atoms with Gasteiger partial charge in [-0.2, -0.15) is 0 Å². The first-order chi connectivity index (χ1) is 5.95. The van der Waals surface area contributed by atoms with Gasteiger partial charge >= 0.3 is 13.6 Å². The number of carbonyl (C=O) groups excluding carboxylic acids is 1. The Morgan fingerprint density at radius 2 is 1.85 bits per heavy atom. The largest absolute Gasteiger partial charge is 0.449 e. The van der Waals surface area contributed by atoms with Crippen molar-refractivity contribution >= 4 is 13.6 Å². The van der Waals surface area contributed by atoms with Crippen LogP contribution in [0.5, 0.6) is 0 Å². The quantitative estimate of drug-likeness (QED) is 0.389. The number of carbonyl (C=O) groups is 1. The lowest BCUT2D eigenvalue weighted by Crippen LogP contribution is -2.08. The summed E-state index contributed by atoms with van der Waals surface area (Å²) in [6.07, 6.45) is -0.397. The zero-order valence-corrected chi connectivity index (χ0v) is 8.80. The topological polar surface area (TPSA) is 61.8 Å². The summed E-state index contributed by atoms with van der Waals surface area (Å²) in [5.74, 6) is -0.616. The summed E-state index contributed by atoms with van der Waals surface area (Å²) in [5.41, 5.74) is 0.235. The molecule has 0 saturated carbocycles. The Hall–Kier alpha value is -0.640. The fourth-order valence-corrected chi connectivity index (χ4v) is 1.08. The third-order valence-electron chi connectivity index (χ3n) is 1.26. The van der Waals surface area contributed by atoms with Crippen molar-refractivity contribution in [2.45, 2.75) is 6.92 Å². The van der Waals surface area contributed by atoms with E-state index in [1.165, 1.54) is 21.1 Å². The fraction of sp³-hybridized carbons (Fsp3) is 0.571. The maximum Gasteiger partial charge on any atom is 0.367 e. The van der Waals surface area contributed by atoms with Crippen molar-refractivity contribution in [2.75, 3.05) is 20.6 Å². The smallest absolute Gasteiger partial charge is 0.367 e. The lowest BCUT2D eigenvalue weighted by molar-refractivity contribution is -0.137. The van der Waals surface area contributed by atoms with Gasteiger partial charge in [0.15, 0.2) is 6.35 Å². The van der Waals surface area contributed by atoms with Crippen LogP contribution in [0.15, 0.2) is 12.2 Å². The van der Waals surface area contributed by atoms with Crippen LogP contribution in [-0.4, -0.2) is 26.5 Å². The molecule has 0 spiro atoms. The van der Waals surface area contributed by atoms with Crippen molar-refractivity contribution in [1.82, 2.24) is 0 Å². The zero-order valence-electron chi connectivity index (χ0n) is 7.90. The van der Waals surface area contributed by atoms with Crippen LogP contribution in [0.25, 0.3) is 0 Å². The number of ether oxygens (including phenoxy) is 1. The molecule has 0 unspecified atom stereocenters. The van der Waals surface area contributed by atoms with Crippen molar-refractivity contribution in [3.63, 3.8) is 0 Å². The maximum absolute atomic E-state index is 11.3. The molecule has 0 bridgehead atoms. The molecule has 0 aliphatic carbocycles. The molecule has 0 rings (SSSR count). The van der Waals surface area contributed by atoms with E-state index in [1.807, 2.05) is 0 Å². The summed E-state index contributed by atoms with van der Waals surface area (Å²) in [7, 11) is -0.817. The van der Waals surface area contributed by atoms with Crippen LogP contribution in [0, 0.1) is 0 Å². The van der Waals surface area contributed by atoms with Crippen molar-refractivity contribution in [3.8, 4) is 0 Å². The molecule has 0 N–H and O–H groups in total. The van der Waals surface area contributed by atoms with E-state index >= 15 is 0 Å². The first kappa shape index (κ1) is 12.4. The summed E-state index contributed by atoms with van der Waals surface area (Å²) < 4.78 is 25.0. The molecular weight excluding hydrogens is 195 g/mol. The van der Waals surface area contributed by atoms with Gasteiger partial charge in [-0.15, -0.1) is 0 Å². The molecule has 0 radical (unpaired) electrons. The van der Waals surface area contributed by atoms with E-state index in [-0.39, 0.29) is 5.57 Å². The second kappa shape index (κ2) is 5.17. The van der Waals surface area contributed by atoms with Crippen LogP contribution in [0.2, 0.25) is 0 Å². The molecule has 0 fully saturated rings. The van der Waals surface area contributed by atoms with Gasteiger partial charge in [0, 0.05) is 19.8 Å². The first-order valence-electron chi connectivity index (χ1n) is 3.48. The normalized spacial score (nSPS) is 11.0. The lowest BCUT2D eigenvalue weighted by Gasteiger charge is -2.13. The van der Waals surface area contributed by atoms with Crippen LogP contribution in [0.1, 0.15) is 6.92 Å². The summed E-state index contributed by atoms with van der Waals surface area (Å²) >= 11 is 0. The van der Waals surface area contributed by atoms with E-state index in [0.717, 1.165) is 0 Å². The van der Waals surface area contributed by atoms with Gasteiger partial charge in [0.1, 0.15) is 0 Å². The van der Waals surface area contributed by atoms with Crippen LogP contribution < -0.4 is 0 Å². The molecular formula is C7H13O5P. The van der Waals surface area contributed by atoms with Crippen LogP contribution in [-0.2, 0) is 23.1 Å². The molecule has 0 aliphatic heterocycles. The van der Waals surface area contributed by atoms with E-state index in [9.17, 15) is 9.36 Å². The Morgan fingerprint density at radius 3 is 2.15 bits per heavy atom. The predicted octanol–water partition coefficient (Wildman–Crippen LogP) is 1.55. The summed E-state index contributed by atoms with van der Waals surface area (Å²) in [4.78, 5) is 10.9. The molecule has 6 heteroatoms. The van der Waals surface area contributed by atoms with E-state index in [2.05, 4.69) is 20.4 Å². The number of hydrogen-bond donors (Lipinski definition) is 0. The Labute approximate surface area is 77.2 Å². The highest BCUT2D eigenvalue weighted by Crippen LogP contribution is 2.46. The first-order valence-corrected chi connectivity index (χ1v) is 5.21. The van der Waals surface area contributed by atoms with E-state index < -0.39 is 19.9 Å². The second-order valence-corrected chi connectivity index (χ2v) is 4.53. The highest BCUT2D eigenvalue weighted by atomic mass is 31.2. The molecule has 0 saturated heterocycles. The fourth-order valence-electron chi connectivity index (χ4n) is 0.441. The Bertz CT molecular complexity index is 239. The van der Waals surface area contributed by atoms with Crippen molar-refractivity contribution in [3.05, 3.63) is 12.2 Å². The van der Waals surface area contributed by atoms with Crippen molar-refractivity contribution in [2.24, 2.45) is 0 Å². The van der Waals surface area contributed by atoms with Crippen LogP contribution in [0.3, 0.4) is 0 Å². The van der Waals surface area contributed by atoms with Gasteiger partial charge in [-0.1, -0.05) is 6.58 Å². The minimum Gasteiger partial charge on any atom is -0.449 e. The molecule has 0 atom stereocenters. The maximum atomic E-state index is 11.3. The number of rotatable bonds is 5. The van der Waals surface area contributed by atoms with E-state index in [4.69, 9.17) is 0 Å². The molecule has 0 amide bonds. The summed E-state index contributed by atoms with van der Waals surface area (Å²) in [6.45, 7) is 4.85. The van der Waals surface area contributed by atoms with Crippen LogP contribution >= 0.6 is 7.60 Å². The van der Waals surface area contributed by atoms with Crippen molar-refractivity contribution < 1.29 is 23.1 Å². The molecule has 5 nitrogen and oxygen atoms in total. The molecule has 0 aliphatic rings. The van der Waals surface area contributed by atoms with Gasteiger partial charge in [-0.25, -0.2) is 4.79 Å². The molecule has 13 heavy (non-hydrogen) atoms. The zero-order chi connectivity index (χ0) is 10.5. The molecule has 0 aromatic heterocycles. The Morgan fingerprint density at radius 1 is 1.38 bits per heavy atom. The number of esters is 1. The minimum atomic E-state index is -3.26. The summed E-state index contributed by atoms with van der Waals surface area (Å²) in [5, 5.41) is 0. The monoisotopic (exact) mass is 208 g/mol. The molecule has 76 valence electrons. The van der Waals surface area contributed by atoms with Gasteiger partial charge in [0.25, 0.3) is 0 Å². The summed E-state index contributed by atoms with van der Waals surface area (Å²) in [6, 6.07) is 0. The third-order valence-corrected chi connectivity index (χ3v) is 2.82. The van der Waals surface area contributed by atoms with E-state index in [1.54, 1.807) is 0 Å². The predicted molar refractivity (Wildman–Crippen MR) is 47.4 cm³/mol. The van der Waals surface area contributed by atoms with Gasteiger partial charge in [0.2, 0.25) is 0 Å². The van der Waals surface area contributed by atoms with Crippen molar-refractivity contribution in [1.29, 1.82) is 0 Å². The Kier molecular flexibility index (Phi) is 4.91. The molecule has 0 aromatic rings. The lowest BCUT2D eigenvalue weighted by atomic mass is 10.4. The van der Waals surface area contributed by atoms with Gasteiger partial charge in [0.05, 0.1) is 0 Å². The number of hydrogen-bond acceptors (Lipinski definition) is 5. The van der Waals surface area contributed by atoms with Gasteiger partial charge in [-0.3, -0.25) is 4.57 Å². The average molecular weight is 208 g/mol. The third kappa shape index (κ3) is 4.22. The standard InChI is InChI=1S/C7H13O5P/c1-6(2)7(8)12-5-13(9,10-3)11-4/h1,5H2,2-4H3. The average Bonchev–Trinajstić information content (AvgIpc) is 2.13. The molecule has 0 aromatic carbocycles. The SMILES string of the molecule is C=C(C)C(=O)OCP(=O)(OC)OC. The minimum absolute atomic E-state index is 0.235. The highest BCUT2D eigenvalue weighted by molar-refractivity contribution is 7.53. The Balaban J connectivity index is 4.08. The highest BCUT2D eigenvalue weighted by Gasteiger charge is 2.23. The van der Waals surface area contributed by atoms with Gasteiger partial charge in [-0.05, 0) is 6.92 Å². The second-order valence-electron chi connectivity index (χ2n) is 2.32. The molecule has 0 heterocycles. The van der Waals surface area contributed by atoms with E-state index in [0.29, 0.717) is 0 Å². The van der Waals surface area contributed by atoms with Crippen LogP contribution in [0.4, 0.5) is 0 Å².